The lowest BCUT2D eigenvalue weighted by Gasteiger charge is -2.08. The standard InChI is InChI=1S/C14H15ClFN3O4S/c1-8-10(7-13(23-8)24(21,22)19(2)3)14(20)18-17-9-4-5-12(16)11(15)6-9/h4-7,17H,1-3H3,(H,18,20). The van der Waals surface area contributed by atoms with Crippen molar-refractivity contribution in [3.63, 3.8) is 0 Å². The summed E-state index contributed by atoms with van der Waals surface area (Å²) in [5, 5.41) is -0.437. The number of aryl methyl sites for hydroxylation is 1. The summed E-state index contributed by atoms with van der Waals surface area (Å²) in [5.41, 5.74) is 5.33. The van der Waals surface area contributed by atoms with E-state index in [4.69, 9.17) is 16.0 Å². The van der Waals surface area contributed by atoms with E-state index < -0.39 is 21.7 Å². The maximum atomic E-state index is 13.1. The minimum atomic E-state index is -3.78. The molecule has 1 heterocycles. The second-order valence-corrected chi connectivity index (χ2v) is 7.52. The number of nitrogens with one attached hydrogen (secondary N) is 2. The number of hydrogen-bond donors (Lipinski definition) is 2. The summed E-state index contributed by atoms with van der Waals surface area (Å²) < 4.78 is 43.2. The monoisotopic (exact) mass is 375 g/mol. The van der Waals surface area contributed by atoms with Crippen LogP contribution in [-0.4, -0.2) is 32.7 Å². The van der Waals surface area contributed by atoms with Gasteiger partial charge in [-0.3, -0.25) is 15.6 Å². The van der Waals surface area contributed by atoms with Crippen molar-refractivity contribution in [1.82, 2.24) is 9.73 Å². The van der Waals surface area contributed by atoms with Crippen LogP contribution in [0.5, 0.6) is 0 Å². The van der Waals surface area contributed by atoms with Gasteiger partial charge in [-0.2, -0.15) is 0 Å². The highest BCUT2D eigenvalue weighted by Crippen LogP contribution is 2.22. The Morgan fingerprint density at radius 3 is 2.54 bits per heavy atom. The number of rotatable bonds is 5. The van der Waals surface area contributed by atoms with E-state index in [0.29, 0.717) is 5.69 Å². The van der Waals surface area contributed by atoms with Crippen molar-refractivity contribution in [2.45, 2.75) is 12.0 Å². The Balaban J connectivity index is 2.16. The molecule has 0 aliphatic heterocycles. The van der Waals surface area contributed by atoms with Crippen molar-refractivity contribution in [3.8, 4) is 0 Å². The first kappa shape index (κ1) is 18.2. The number of nitrogens with zero attached hydrogens (tertiary/aromatic N) is 1. The minimum Gasteiger partial charge on any atom is -0.448 e. The topological polar surface area (TPSA) is 91.7 Å². The number of hydrogen-bond acceptors (Lipinski definition) is 5. The number of benzene rings is 1. The van der Waals surface area contributed by atoms with E-state index in [-0.39, 0.29) is 21.4 Å². The van der Waals surface area contributed by atoms with E-state index in [2.05, 4.69) is 10.9 Å². The van der Waals surface area contributed by atoms with Gasteiger partial charge in [0.05, 0.1) is 16.3 Å². The lowest BCUT2D eigenvalue weighted by atomic mass is 10.2. The number of amides is 1. The van der Waals surface area contributed by atoms with Crippen molar-refractivity contribution < 1.29 is 22.0 Å². The molecule has 0 saturated heterocycles. The lowest BCUT2D eigenvalue weighted by molar-refractivity contribution is 0.0961. The van der Waals surface area contributed by atoms with Gasteiger partial charge in [-0.15, -0.1) is 0 Å². The van der Waals surface area contributed by atoms with Crippen LogP contribution in [-0.2, 0) is 10.0 Å². The molecule has 0 fully saturated rings. The molecule has 0 unspecified atom stereocenters. The number of halogens is 2. The number of furan rings is 1. The molecule has 0 spiro atoms. The molecule has 0 aliphatic rings. The number of anilines is 1. The third-order valence-electron chi connectivity index (χ3n) is 3.11. The fourth-order valence-corrected chi connectivity index (χ4v) is 2.79. The van der Waals surface area contributed by atoms with Crippen LogP contribution in [0.3, 0.4) is 0 Å². The van der Waals surface area contributed by atoms with Crippen LogP contribution >= 0.6 is 11.6 Å². The molecule has 1 aromatic heterocycles. The zero-order valence-electron chi connectivity index (χ0n) is 13.1. The molecule has 1 amide bonds. The Morgan fingerprint density at radius 2 is 1.96 bits per heavy atom. The van der Waals surface area contributed by atoms with Gasteiger partial charge in [-0.05, 0) is 25.1 Å². The van der Waals surface area contributed by atoms with Gasteiger partial charge in [-0.25, -0.2) is 17.1 Å². The summed E-state index contributed by atoms with van der Waals surface area (Å²) in [6, 6.07) is 4.95. The molecule has 0 aliphatic carbocycles. The van der Waals surface area contributed by atoms with E-state index in [1.807, 2.05) is 0 Å². The molecular formula is C14H15ClFN3O4S. The van der Waals surface area contributed by atoms with Crippen molar-refractivity contribution in [2.24, 2.45) is 0 Å². The predicted molar refractivity (Wildman–Crippen MR) is 86.8 cm³/mol. The first-order valence-corrected chi connectivity index (χ1v) is 8.49. The Labute approximate surface area is 143 Å². The average Bonchev–Trinajstić information content (AvgIpc) is 2.90. The molecule has 0 atom stereocenters. The molecule has 130 valence electrons. The van der Waals surface area contributed by atoms with E-state index in [9.17, 15) is 17.6 Å². The maximum Gasteiger partial charge on any atom is 0.275 e. The minimum absolute atomic E-state index is 0.0520. The van der Waals surface area contributed by atoms with Gasteiger partial charge >= 0.3 is 0 Å². The largest absolute Gasteiger partial charge is 0.448 e. The molecule has 10 heteroatoms. The number of carbonyl (C=O) groups is 1. The molecule has 2 rings (SSSR count). The smallest absolute Gasteiger partial charge is 0.275 e. The van der Waals surface area contributed by atoms with Crippen molar-refractivity contribution in [3.05, 3.63) is 46.4 Å². The summed E-state index contributed by atoms with van der Waals surface area (Å²) in [4.78, 5) is 12.2. The first-order chi connectivity index (χ1) is 11.1. The van der Waals surface area contributed by atoms with Crippen LogP contribution in [0.4, 0.5) is 10.1 Å². The third-order valence-corrected chi connectivity index (χ3v) is 5.08. The van der Waals surface area contributed by atoms with Gasteiger partial charge in [0.15, 0.2) is 0 Å². The lowest BCUT2D eigenvalue weighted by Crippen LogP contribution is -2.29. The number of hydrazine groups is 1. The summed E-state index contributed by atoms with van der Waals surface area (Å²) in [7, 11) is -1.07. The zero-order valence-corrected chi connectivity index (χ0v) is 14.6. The van der Waals surface area contributed by atoms with Crippen molar-refractivity contribution in [1.29, 1.82) is 0 Å². The van der Waals surface area contributed by atoms with Gasteiger partial charge in [0.25, 0.3) is 15.9 Å². The van der Waals surface area contributed by atoms with E-state index in [1.54, 1.807) is 0 Å². The van der Waals surface area contributed by atoms with Crippen LogP contribution in [0.1, 0.15) is 16.1 Å². The first-order valence-electron chi connectivity index (χ1n) is 6.67. The third kappa shape index (κ3) is 3.69. The molecule has 0 radical (unpaired) electrons. The van der Waals surface area contributed by atoms with Crippen molar-refractivity contribution in [2.75, 3.05) is 19.5 Å². The SMILES string of the molecule is Cc1oc(S(=O)(=O)N(C)C)cc1C(=O)NNc1ccc(F)c(Cl)c1. The molecule has 2 N–H and O–H groups in total. The second kappa shape index (κ2) is 6.80. The highest BCUT2D eigenvalue weighted by atomic mass is 35.5. The van der Waals surface area contributed by atoms with Gasteiger partial charge in [0.1, 0.15) is 11.6 Å². The fraction of sp³-hybridized carbons (Fsp3) is 0.214. The van der Waals surface area contributed by atoms with E-state index in [0.717, 1.165) is 16.4 Å². The zero-order chi connectivity index (χ0) is 18.1. The molecular weight excluding hydrogens is 361 g/mol. The maximum absolute atomic E-state index is 13.1. The second-order valence-electron chi connectivity index (χ2n) is 5.03. The van der Waals surface area contributed by atoms with Crippen LogP contribution in [0.2, 0.25) is 5.02 Å². The molecule has 0 saturated carbocycles. The van der Waals surface area contributed by atoms with E-state index in [1.165, 1.54) is 33.2 Å². The Kier molecular flexibility index (Phi) is 5.16. The predicted octanol–water partition coefficient (Wildman–Crippen LogP) is 2.39. The Morgan fingerprint density at radius 1 is 1.29 bits per heavy atom. The average molecular weight is 376 g/mol. The molecule has 1 aromatic carbocycles. The van der Waals surface area contributed by atoms with Gasteiger partial charge in [-0.1, -0.05) is 11.6 Å². The highest BCUT2D eigenvalue weighted by Gasteiger charge is 2.25. The van der Waals surface area contributed by atoms with Crippen LogP contribution in [0, 0.1) is 12.7 Å². The quantitative estimate of drug-likeness (QED) is 0.783. The molecule has 2 aromatic rings. The normalized spacial score (nSPS) is 11.6. The van der Waals surface area contributed by atoms with Gasteiger partial charge in [0, 0.05) is 20.2 Å². The molecule has 24 heavy (non-hydrogen) atoms. The molecule has 0 bridgehead atoms. The fourth-order valence-electron chi connectivity index (χ4n) is 1.76. The summed E-state index contributed by atoms with van der Waals surface area (Å²) in [5.74, 6) is -1.05. The van der Waals surface area contributed by atoms with Gasteiger partial charge < -0.3 is 4.42 Å². The van der Waals surface area contributed by atoms with Crippen molar-refractivity contribution >= 4 is 33.2 Å². The Hall–Kier alpha value is -2.10. The summed E-state index contributed by atoms with van der Waals surface area (Å²) >= 11 is 5.64. The van der Waals surface area contributed by atoms with E-state index >= 15 is 0 Å². The summed E-state index contributed by atoms with van der Waals surface area (Å²) in [6.45, 7) is 1.47. The van der Waals surface area contributed by atoms with Crippen LogP contribution in [0.15, 0.2) is 33.8 Å². The Bertz CT molecular complexity index is 880. The number of carbonyl (C=O) groups excluding carboxylic acids is 1. The van der Waals surface area contributed by atoms with Crippen LogP contribution < -0.4 is 10.9 Å². The van der Waals surface area contributed by atoms with Crippen LogP contribution in [0.25, 0.3) is 0 Å². The molecule has 7 nitrogen and oxygen atoms in total. The summed E-state index contributed by atoms with van der Waals surface area (Å²) in [6.07, 6.45) is 0. The number of sulfonamides is 1. The highest BCUT2D eigenvalue weighted by molar-refractivity contribution is 7.88. The van der Waals surface area contributed by atoms with Gasteiger partial charge in [0.2, 0.25) is 5.09 Å².